The van der Waals surface area contributed by atoms with Crippen LogP contribution >= 0.6 is 24.0 Å². The number of anilines is 1. The standard InChI is InChI=1S/C17H29N5.HI/c1-15-5-7-16(8-6-15)20-17(18)19-9-3-4-10-22-13-11-21(2)12-14-22;/h5-8H,3-4,9-14H2,1-2H3,(H3,18,19,20);1H. The molecule has 0 atom stereocenters. The van der Waals surface area contributed by atoms with Crippen molar-refractivity contribution in [3.8, 4) is 0 Å². The van der Waals surface area contributed by atoms with Crippen molar-refractivity contribution in [1.29, 1.82) is 0 Å². The first kappa shape index (κ1) is 20.2. The van der Waals surface area contributed by atoms with E-state index in [0.717, 1.165) is 18.7 Å². The average molecular weight is 431 g/mol. The molecule has 3 N–H and O–H groups in total. The number of hydrogen-bond acceptors (Lipinski definition) is 3. The first-order valence-electron chi connectivity index (χ1n) is 8.18. The molecule has 23 heavy (non-hydrogen) atoms. The SMILES string of the molecule is Cc1ccc(NC(N)=NCCCCN2CCN(C)CC2)cc1.I. The van der Waals surface area contributed by atoms with Crippen molar-refractivity contribution >= 4 is 35.6 Å². The number of benzene rings is 1. The van der Waals surface area contributed by atoms with E-state index in [9.17, 15) is 0 Å². The second-order valence-corrected chi connectivity index (χ2v) is 6.11. The second-order valence-electron chi connectivity index (χ2n) is 6.11. The Morgan fingerprint density at radius 1 is 1.13 bits per heavy atom. The van der Waals surface area contributed by atoms with Crippen LogP contribution in [0.3, 0.4) is 0 Å². The molecule has 0 saturated carbocycles. The van der Waals surface area contributed by atoms with E-state index in [4.69, 9.17) is 5.73 Å². The number of likely N-dealkylation sites (N-methyl/N-ethyl adjacent to an activating group) is 1. The summed E-state index contributed by atoms with van der Waals surface area (Å²) >= 11 is 0. The minimum absolute atomic E-state index is 0. The van der Waals surface area contributed by atoms with Crippen LogP contribution in [0.25, 0.3) is 0 Å². The minimum atomic E-state index is 0. The number of unbranched alkanes of at least 4 members (excludes halogenated alkanes) is 1. The molecular formula is C17H30IN5. The maximum Gasteiger partial charge on any atom is 0.193 e. The summed E-state index contributed by atoms with van der Waals surface area (Å²) in [6.07, 6.45) is 2.27. The van der Waals surface area contributed by atoms with Crippen molar-refractivity contribution in [3.63, 3.8) is 0 Å². The Morgan fingerprint density at radius 2 is 1.78 bits per heavy atom. The number of guanidine groups is 1. The number of aliphatic imine (C=N–C) groups is 1. The highest BCUT2D eigenvalue weighted by Crippen LogP contribution is 2.08. The summed E-state index contributed by atoms with van der Waals surface area (Å²) in [5.74, 6) is 0.503. The van der Waals surface area contributed by atoms with Crippen LogP contribution in [0.1, 0.15) is 18.4 Å². The fourth-order valence-electron chi connectivity index (χ4n) is 2.54. The van der Waals surface area contributed by atoms with E-state index in [2.05, 4.69) is 46.2 Å². The first-order chi connectivity index (χ1) is 10.6. The first-order valence-corrected chi connectivity index (χ1v) is 8.18. The Labute approximate surface area is 157 Å². The van der Waals surface area contributed by atoms with Gasteiger partial charge in [-0.15, -0.1) is 24.0 Å². The van der Waals surface area contributed by atoms with Crippen molar-refractivity contribution in [2.45, 2.75) is 19.8 Å². The molecule has 1 heterocycles. The molecule has 0 bridgehead atoms. The van der Waals surface area contributed by atoms with Crippen molar-refractivity contribution in [2.75, 3.05) is 51.6 Å². The van der Waals surface area contributed by atoms with Gasteiger partial charge in [-0.2, -0.15) is 0 Å². The van der Waals surface area contributed by atoms with E-state index < -0.39 is 0 Å². The maximum atomic E-state index is 5.91. The van der Waals surface area contributed by atoms with Crippen LogP contribution in [0.4, 0.5) is 5.69 Å². The van der Waals surface area contributed by atoms with Gasteiger partial charge in [0.15, 0.2) is 5.96 Å². The van der Waals surface area contributed by atoms with E-state index in [0.29, 0.717) is 5.96 Å². The Balaban J connectivity index is 0.00000264. The lowest BCUT2D eigenvalue weighted by Gasteiger charge is -2.32. The zero-order chi connectivity index (χ0) is 15.8. The van der Waals surface area contributed by atoms with Crippen molar-refractivity contribution < 1.29 is 0 Å². The molecule has 0 unspecified atom stereocenters. The van der Waals surface area contributed by atoms with Gasteiger partial charge >= 0.3 is 0 Å². The van der Waals surface area contributed by atoms with Gasteiger partial charge in [0.2, 0.25) is 0 Å². The molecule has 1 fully saturated rings. The summed E-state index contributed by atoms with van der Waals surface area (Å²) in [6.45, 7) is 8.79. The molecule has 1 aromatic carbocycles. The lowest BCUT2D eigenvalue weighted by molar-refractivity contribution is 0.152. The van der Waals surface area contributed by atoms with Crippen molar-refractivity contribution in [3.05, 3.63) is 29.8 Å². The highest BCUT2D eigenvalue weighted by molar-refractivity contribution is 14.0. The highest BCUT2D eigenvalue weighted by Gasteiger charge is 2.12. The quantitative estimate of drug-likeness (QED) is 0.314. The second kappa shape index (κ2) is 10.8. The molecule has 5 nitrogen and oxygen atoms in total. The fraction of sp³-hybridized carbons (Fsp3) is 0.588. The zero-order valence-electron chi connectivity index (χ0n) is 14.3. The maximum absolute atomic E-state index is 5.91. The van der Waals surface area contributed by atoms with Crippen molar-refractivity contribution in [1.82, 2.24) is 9.80 Å². The van der Waals surface area contributed by atoms with E-state index in [1.807, 2.05) is 12.1 Å². The Bertz CT molecular complexity index is 466. The normalized spacial score (nSPS) is 16.9. The van der Waals surface area contributed by atoms with Crippen LogP contribution in [-0.4, -0.2) is 62.1 Å². The van der Waals surface area contributed by atoms with E-state index >= 15 is 0 Å². The van der Waals surface area contributed by atoms with Gasteiger partial charge in [-0.05, 0) is 45.5 Å². The topological polar surface area (TPSA) is 56.9 Å². The van der Waals surface area contributed by atoms with Crippen LogP contribution in [0.5, 0.6) is 0 Å². The molecule has 0 amide bonds. The predicted molar refractivity (Wildman–Crippen MR) is 110 cm³/mol. The average Bonchev–Trinajstić information content (AvgIpc) is 2.51. The summed E-state index contributed by atoms with van der Waals surface area (Å²) in [7, 11) is 2.19. The summed E-state index contributed by atoms with van der Waals surface area (Å²) in [4.78, 5) is 9.32. The molecule has 0 aliphatic carbocycles. The summed E-state index contributed by atoms with van der Waals surface area (Å²) < 4.78 is 0. The third kappa shape index (κ3) is 7.99. The summed E-state index contributed by atoms with van der Waals surface area (Å²) in [6, 6.07) is 8.16. The molecule has 0 spiro atoms. The number of halogens is 1. The van der Waals surface area contributed by atoms with E-state index in [1.165, 1.54) is 44.7 Å². The summed E-state index contributed by atoms with van der Waals surface area (Å²) in [5.41, 5.74) is 8.14. The molecular weight excluding hydrogens is 401 g/mol. The summed E-state index contributed by atoms with van der Waals surface area (Å²) in [5, 5.41) is 3.13. The van der Waals surface area contributed by atoms with Gasteiger partial charge in [0, 0.05) is 38.4 Å². The zero-order valence-corrected chi connectivity index (χ0v) is 16.6. The van der Waals surface area contributed by atoms with E-state index in [-0.39, 0.29) is 24.0 Å². The Kier molecular flexibility index (Phi) is 9.50. The molecule has 1 aliphatic heterocycles. The molecule has 0 radical (unpaired) electrons. The molecule has 6 heteroatoms. The van der Waals surface area contributed by atoms with Crippen LogP contribution in [-0.2, 0) is 0 Å². The number of piperazine rings is 1. The Hall–Kier alpha value is -0.860. The van der Waals surface area contributed by atoms with Crippen LogP contribution in [0, 0.1) is 6.92 Å². The molecule has 0 aromatic heterocycles. The van der Waals surface area contributed by atoms with Gasteiger partial charge in [0.1, 0.15) is 0 Å². The molecule has 1 aromatic rings. The number of hydrogen-bond donors (Lipinski definition) is 2. The van der Waals surface area contributed by atoms with Gasteiger partial charge in [0.25, 0.3) is 0 Å². The van der Waals surface area contributed by atoms with Gasteiger partial charge in [-0.25, -0.2) is 0 Å². The van der Waals surface area contributed by atoms with Crippen LogP contribution in [0.15, 0.2) is 29.3 Å². The van der Waals surface area contributed by atoms with Gasteiger partial charge in [-0.1, -0.05) is 17.7 Å². The van der Waals surface area contributed by atoms with E-state index in [1.54, 1.807) is 0 Å². The third-order valence-corrected chi connectivity index (χ3v) is 4.08. The van der Waals surface area contributed by atoms with Gasteiger partial charge < -0.3 is 20.9 Å². The number of nitrogens with zero attached hydrogens (tertiary/aromatic N) is 3. The van der Waals surface area contributed by atoms with Gasteiger partial charge in [0.05, 0.1) is 0 Å². The molecule has 130 valence electrons. The van der Waals surface area contributed by atoms with Crippen LogP contribution < -0.4 is 11.1 Å². The monoisotopic (exact) mass is 431 g/mol. The number of rotatable bonds is 6. The lowest BCUT2D eigenvalue weighted by Crippen LogP contribution is -2.44. The fourth-order valence-corrected chi connectivity index (χ4v) is 2.54. The number of nitrogens with one attached hydrogen (secondary N) is 1. The molecule has 2 rings (SSSR count). The Morgan fingerprint density at radius 3 is 2.43 bits per heavy atom. The highest BCUT2D eigenvalue weighted by atomic mass is 127. The van der Waals surface area contributed by atoms with Crippen molar-refractivity contribution in [2.24, 2.45) is 10.7 Å². The minimum Gasteiger partial charge on any atom is -0.370 e. The smallest absolute Gasteiger partial charge is 0.193 e. The number of aryl methyl sites for hydroxylation is 1. The van der Waals surface area contributed by atoms with Gasteiger partial charge in [-0.3, -0.25) is 4.99 Å². The van der Waals surface area contributed by atoms with Crippen LogP contribution in [0.2, 0.25) is 0 Å². The largest absolute Gasteiger partial charge is 0.370 e. The molecule has 1 aliphatic rings. The lowest BCUT2D eigenvalue weighted by atomic mass is 10.2. The third-order valence-electron chi connectivity index (χ3n) is 4.08. The molecule has 1 saturated heterocycles. The number of nitrogens with two attached hydrogens (primary N) is 1. The predicted octanol–water partition coefficient (Wildman–Crippen LogP) is 2.37.